The minimum atomic E-state index is -1.10. The second kappa shape index (κ2) is 10.00. The summed E-state index contributed by atoms with van der Waals surface area (Å²) >= 11 is 0. The molecule has 1 heterocycles. The topological polar surface area (TPSA) is 55.8 Å². The number of likely N-dealkylation sites (N-methyl/N-ethyl adjacent to an activating group) is 1. The molecule has 3 atom stereocenters. The fourth-order valence-electron chi connectivity index (χ4n) is 7.74. The Labute approximate surface area is 220 Å². The summed E-state index contributed by atoms with van der Waals surface area (Å²) in [5.41, 5.74) is 3.09. The van der Waals surface area contributed by atoms with Gasteiger partial charge < -0.3 is 14.4 Å². The van der Waals surface area contributed by atoms with Gasteiger partial charge in [0.25, 0.3) is 0 Å². The van der Waals surface area contributed by atoms with Gasteiger partial charge in [0.05, 0.1) is 24.3 Å². The number of hydrogen-bond acceptors (Lipinski definition) is 5. The van der Waals surface area contributed by atoms with Crippen molar-refractivity contribution in [1.82, 2.24) is 4.90 Å². The van der Waals surface area contributed by atoms with Gasteiger partial charge in [-0.15, -0.1) is 0 Å². The van der Waals surface area contributed by atoms with Crippen molar-refractivity contribution in [2.45, 2.75) is 70.3 Å². The van der Waals surface area contributed by atoms with Crippen LogP contribution in [0.1, 0.15) is 69.6 Å². The molecule has 0 N–H and O–H groups in total. The van der Waals surface area contributed by atoms with E-state index in [4.69, 9.17) is 9.47 Å². The Hall–Kier alpha value is -3.08. The highest BCUT2D eigenvalue weighted by Crippen LogP contribution is 2.66. The quantitative estimate of drug-likeness (QED) is 0.460. The van der Waals surface area contributed by atoms with Crippen molar-refractivity contribution in [2.75, 3.05) is 20.3 Å². The van der Waals surface area contributed by atoms with E-state index in [9.17, 15) is 9.59 Å². The molecule has 0 amide bonds. The standard InChI is InChI=1S/C32H39NO4/c1-5-36-29(34)27-22(3)33(4)31(21-24-17-13-14-20-26(24)31)32(30(35)37-6-2,25-18-11-8-12-19-25)28(27)23-15-9-7-10-16-23/h8,11-14,17-20,23,28H,5-7,9-10,15-16,21H2,1-4H3/t28-,31?,32+/m0/s1. The molecule has 1 aliphatic heterocycles. The van der Waals surface area contributed by atoms with Gasteiger partial charge in [0.2, 0.25) is 0 Å². The molecule has 0 saturated heterocycles. The van der Waals surface area contributed by atoms with Gasteiger partial charge in [-0.2, -0.15) is 0 Å². The number of hydrogen-bond donors (Lipinski definition) is 0. The number of ether oxygens (including phenoxy) is 2. The third kappa shape index (κ3) is 3.57. The second-order valence-corrected chi connectivity index (χ2v) is 10.7. The summed E-state index contributed by atoms with van der Waals surface area (Å²) in [6.45, 7) is 6.32. The van der Waals surface area contributed by atoms with Gasteiger partial charge in [0, 0.05) is 25.1 Å². The number of carbonyl (C=O) groups excluding carboxylic acids is 2. The molecule has 0 aromatic heterocycles. The summed E-state index contributed by atoms with van der Waals surface area (Å²) in [6, 6.07) is 18.6. The van der Waals surface area contributed by atoms with E-state index in [-0.39, 0.29) is 30.4 Å². The van der Waals surface area contributed by atoms with E-state index < -0.39 is 11.0 Å². The van der Waals surface area contributed by atoms with E-state index >= 15 is 0 Å². The molecule has 1 unspecified atom stereocenters. The number of fused-ring (bicyclic) bond motifs is 2. The number of carbonyl (C=O) groups is 2. The highest BCUT2D eigenvalue weighted by molar-refractivity contribution is 5.96. The summed E-state index contributed by atoms with van der Waals surface area (Å²) in [5, 5.41) is 0. The maximum Gasteiger partial charge on any atom is 0.336 e. The Morgan fingerprint density at radius 1 is 0.919 bits per heavy atom. The molecule has 5 nitrogen and oxygen atoms in total. The Balaban J connectivity index is 1.91. The number of benzene rings is 2. The van der Waals surface area contributed by atoms with Gasteiger partial charge in [-0.1, -0.05) is 73.9 Å². The van der Waals surface area contributed by atoms with Crippen molar-refractivity contribution in [2.24, 2.45) is 11.8 Å². The molecule has 1 fully saturated rings. The minimum absolute atomic E-state index is 0.172. The van der Waals surface area contributed by atoms with Gasteiger partial charge in [-0.25, -0.2) is 4.79 Å². The average molecular weight is 502 g/mol. The molecule has 5 heteroatoms. The van der Waals surface area contributed by atoms with E-state index in [1.807, 2.05) is 46.0 Å². The van der Waals surface area contributed by atoms with Crippen LogP contribution >= 0.6 is 0 Å². The number of esters is 2. The molecule has 1 spiro atoms. The molecule has 1 saturated carbocycles. The zero-order chi connectivity index (χ0) is 26.2. The normalized spacial score (nSPS) is 27.5. The van der Waals surface area contributed by atoms with Crippen LogP contribution in [0.3, 0.4) is 0 Å². The lowest BCUT2D eigenvalue weighted by atomic mass is 9.43. The lowest BCUT2D eigenvalue weighted by molar-refractivity contribution is -0.169. The number of rotatable bonds is 6. The number of nitrogens with zero attached hydrogens (tertiary/aromatic N) is 1. The van der Waals surface area contributed by atoms with E-state index in [2.05, 4.69) is 41.3 Å². The van der Waals surface area contributed by atoms with Crippen LogP contribution in [-0.4, -0.2) is 37.1 Å². The van der Waals surface area contributed by atoms with E-state index in [1.54, 1.807) is 0 Å². The van der Waals surface area contributed by atoms with Gasteiger partial charge in [0.1, 0.15) is 5.41 Å². The molecule has 2 aromatic rings. The molecular weight excluding hydrogens is 462 g/mol. The Bertz CT molecular complexity index is 1200. The zero-order valence-corrected chi connectivity index (χ0v) is 22.6. The first-order chi connectivity index (χ1) is 17.9. The summed E-state index contributed by atoms with van der Waals surface area (Å²) in [7, 11) is 2.04. The van der Waals surface area contributed by atoms with Crippen molar-refractivity contribution in [3.63, 3.8) is 0 Å². The summed E-state index contributed by atoms with van der Waals surface area (Å²) in [5.74, 6) is -0.731. The van der Waals surface area contributed by atoms with Crippen LogP contribution in [0.15, 0.2) is 65.9 Å². The second-order valence-electron chi connectivity index (χ2n) is 10.7. The predicted molar refractivity (Wildman–Crippen MR) is 144 cm³/mol. The summed E-state index contributed by atoms with van der Waals surface area (Å²) < 4.78 is 11.7. The van der Waals surface area contributed by atoms with Crippen LogP contribution in [0.4, 0.5) is 0 Å². The fourth-order valence-corrected chi connectivity index (χ4v) is 7.74. The SMILES string of the molecule is CCOC(=O)C1=C(C)N(C)C2(Cc3ccccc32)[C@](C(=O)OCC)(c2ccccc2)[C@H]1C1CCCCC1. The van der Waals surface area contributed by atoms with Crippen LogP contribution in [-0.2, 0) is 36.4 Å². The molecule has 0 radical (unpaired) electrons. The minimum Gasteiger partial charge on any atom is -0.465 e. The van der Waals surface area contributed by atoms with Crippen molar-refractivity contribution in [3.8, 4) is 0 Å². The third-order valence-electron chi connectivity index (χ3n) is 9.25. The highest BCUT2D eigenvalue weighted by atomic mass is 16.5. The number of allylic oxidation sites excluding steroid dienone is 1. The van der Waals surface area contributed by atoms with E-state index in [0.29, 0.717) is 18.6 Å². The first kappa shape index (κ1) is 25.6. The summed E-state index contributed by atoms with van der Waals surface area (Å²) in [6.07, 6.45) is 6.07. The van der Waals surface area contributed by atoms with Crippen LogP contribution < -0.4 is 0 Å². The first-order valence-electron chi connectivity index (χ1n) is 13.9. The van der Waals surface area contributed by atoms with Crippen molar-refractivity contribution in [1.29, 1.82) is 0 Å². The van der Waals surface area contributed by atoms with Gasteiger partial charge >= 0.3 is 11.9 Å². The van der Waals surface area contributed by atoms with Crippen LogP contribution in [0.5, 0.6) is 0 Å². The Kier molecular flexibility index (Phi) is 6.91. The molecule has 196 valence electrons. The summed E-state index contributed by atoms with van der Waals surface area (Å²) in [4.78, 5) is 30.8. The lowest BCUT2D eigenvalue weighted by Crippen LogP contribution is -2.73. The zero-order valence-electron chi connectivity index (χ0n) is 22.6. The van der Waals surface area contributed by atoms with Crippen molar-refractivity contribution < 1.29 is 19.1 Å². The molecular formula is C32H39NO4. The van der Waals surface area contributed by atoms with Crippen molar-refractivity contribution in [3.05, 3.63) is 82.6 Å². The van der Waals surface area contributed by atoms with Gasteiger partial charge in [0.15, 0.2) is 0 Å². The monoisotopic (exact) mass is 501 g/mol. The molecule has 2 aromatic carbocycles. The fraction of sp³-hybridized carbons (Fsp3) is 0.500. The maximum absolute atomic E-state index is 14.7. The maximum atomic E-state index is 14.7. The third-order valence-corrected chi connectivity index (χ3v) is 9.25. The van der Waals surface area contributed by atoms with Crippen LogP contribution in [0.25, 0.3) is 0 Å². The molecule has 37 heavy (non-hydrogen) atoms. The Morgan fingerprint density at radius 2 is 1.57 bits per heavy atom. The molecule has 3 aliphatic rings. The highest BCUT2D eigenvalue weighted by Gasteiger charge is 2.73. The van der Waals surface area contributed by atoms with Crippen LogP contribution in [0.2, 0.25) is 0 Å². The van der Waals surface area contributed by atoms with Gasteiger partial charge in [-0.3, -0.25) is 4.79 Å². The van der Waals surface area contributed by atoms with E-state index in [1.165, 1.54) is 12.0 Å². The molecule has 2 aliphatic carbocycles. The van der Waals surface area contributed by atoms with Crippen LogP contribution in [0, 0.1) is 11.8 Å². The lowest BCUT2D eigenvalue weighted by Gasteiger charge is -2.66. The van der Waals surface area contributed by atoms with Gasteiger partial charge in [-0.05, 0) is 56.2 Å². The smallest absolute Gasteiger partial charge is 0.336 e. The molecule has 5 rings (SSSR count). The first-order valence-corrected chi connectivity index (χ1v) is 13.9. The Morgan fingerprint density at radius 3 is 2.22 bits per heavy atom. The van der Waals surface area contributed by atoms with Crippen molar-refractivity contribution >= 4 is 11.9 Å². The molecule has 0 bridgehead atoms. The van der Waals surface area contributed by atoms with E-state index in [0.717, 1.165) is 42.5 Å². The largest absolute Gasteiger partial charge is 0.465 e. The average Bonchev–Trinajstić information content (AvgIpc) is 2.91. The predicted octanol–water partition coefficient (Wildman–Crippen LogP) is 5.92.